The van der Waals surface area contributed by atoms with Gasteiger partial charge in [-0.1, -0.05) is 0 Å². The molecule has 0 aromatic heterocycles. The number of rotatable bonds is 1. The Bertz CT molecular complexity index is 181. The van der Waals surface area contributed by atoms with Gasteiger partial charge in [0.25, 0.3) is 0 Å². The van der Waals surface area contributed by atoms with Crippen LogP contribution in [0.1, 0.15) is 20.3 Å². The Labute approximate surface area is 76.3 Å². The Morgan fingerprint density at radius 1 is 1.54 bits per heavy atom. The Kier molecular flexibility index (Phi) is 3.24. The molecule has 1 aliphatic rings. The number of hydrogen-bond acceptors (Lipinski definition) is 5. The number of hydrogen-bond donors (Lipinski definition) is 2. The lowest BCUT2D eigenvalue weighted by molar-refractivity contribution is -0.235. The van der Waals surface area contributed by atoms with Crippen molar-refractivity contribution in [3.05, 3.63) is 0 Å². The number of aliphatic hydroxyl groups excluding tert-OH is 2. The minimum absolute atomic E-state index is 0.0717. The second-order valence-corrected chi connectivity index (χ2v) is 3.17. The van der Waals surface area contributed by atoms with E-state index in [4.69, 9.17) is 14.6 Å². The van der Waals surface area contributed by atoms with Gasteiger partial charge in [-0.25, -0.2) is 0 Å². The van der Waals surface area contributed by atoms with Gasteiger partial charge in [0.1, 0.15) is 0 Å². The fraction of sp³-hybridized carbons (Fsp3) is 0.875. The van der Waals surface area contributed by atoms with Gasteiger partial charge in [0.15, 0.2) is 12.4 Å². The summed E-state index contributed by atoms with van der Waals surface area (Å²) in [5, 5.41) is 18.5. The Morgan fingerprint density at radius 2 is 2.15 bits per heavy atom. The fourth-order valence-electron chi connectivity index (χ4n) is 1.40. The van der Waals surface area contributed by atoms with Crippen LogP contribution in [0.5, 0.6) is 0 Å². The molecule has 5 nitrogen and oxygen atoms in total. The summed E-state index contributed by atoms with van der Waals surface area (Å²) >= 11 is 0. The molecule has 0 amide bonds. The number of carbonyl (C=O) groups excluding carboxylic acids is 1. The molecule has 5 heteroatoms. The maximum absolute atomic E-state index is 10.6. The first-order valence-corrected chi connectivity index (χ1v) is 4.19. The molecule has 0 aromatic carbocycles. The molecule has 1 heterocycles. The summed E-state index contributed by atoms with van der Waals surface area (Å²) in [5.41, 5.74) is 0. The maximum atomic E-state index is 10.6. The SMILES string of the molecule is CC(=O)O[C@@H]1[C@H](O)C[C@H](O)O[C@@H]1C. The van der Waals surface area contributed by atoms with E-state index in [9.17, 15) is 9.90 Å². The molecule has 1 fully saturated rings. The van der Waals surface area contributed by atoms with Gasteiger partial charge in [-0.2, -0.15) is 0 Å². The van der Waals surface area contributed by atoms with E-state index in [0.717, 1.165) is 0 Å². The number of esters is 1. The molecule has 0 aromatic rings. The largest absolute Gasteiger partial charge is 0.457 e. The van der Waals surface area contributed by atoms with E-state index in [1.165, 1.54) is 6.92 Å². The summed E-state index contributed by atoms with van der Waals surface area (Å²) in [6, 6.07) is 0. The van der Waals surface area contributed by atoms with Gasteiger partial charge in [-0.3, -0.25) is 4.79 Å². The van der Waals surface area contributed by atoms with Gasteiger partial charge < -0.3 is 19.7 Å². The van der Waals surface area contributed by atoms with Gasteiger partial charge in [-0.15, -0.1) is 0 Å². The quantitative estimate of drug-likeness (QED) is 0.540. The van der Waals surface area contributed by atoms with Crippen molar-refractivity contribution >= 4 is 5.97 Å². The lowest BCUT2D eigenvalue weighted by Crippen LogP contribution is -2.48. The second-order valence-electron chi connectivity index (χ2n) is 3.17. The summed E-state index contributed by atoms with van der Waals surface area (Å²) in [5.74, 6) is -0.462. The van der Waals surface area contributed by atoms with Crippen LogP contribution in [0.15, 0.2) is 0 Å². The van der Waals surface area contributed by atoms with Crippen LogP contribution in [-0.2, 0) is 14.3 Å². The average molecular weight is 190 g/mol. The summed E-state index contributed by atoms with van der Waals surface area (Å²) in [7, 11) is 0. The first kappa shape index (κ1) is 10.4. The molecule has 13 heavy (non-hydrogen) atoms. The van der Waals surface area contributed by atoms with Crippen LogP contribution in [0, 0.1) is 0 Å². The molecular weight excluding hydrogens is 176 g/mol. The highest BCUT2D eigenvalue weighted by molar-refractivity contribution is 5.66. The van der Waals surface area contributed by atoms with E-state index in [1.54, 1.807) is 6.92 Å². The van der Waals surface area contributed by atoms with E-state index < -0.39 is 30.6 Å². The lowest BCUT2D eigenvalue weighted by Gasteiger charge is -2.35. The second kappa shape index (κ2) is 4.04. The van der Waals surface area contributed by atoms with E-state index in [-0.39, 0.29) is 6.42 Å². The summed E-state index contributed by atoms with van der Waals surface area (Å²) in [6.07, 6.45) is -2.93. The molecule has 2 N–H and O–H groups in total. The van der Waals surface area contributed by atoms with Crippen LogP contribution < -0.4 is 0 Å². The minimum Gasteiger partial charge on any atom is -0.457 e. The van der Waals surface area contributed by atoms with Crippen molar-refractivity contribution in [2.24, 2.45) is 0 Å². The molecule has 76 valence electrons. The Morgan fingerprint density at radius 3 is 2.62 bits per heavy atom. The van der Waals surface area contributed by atoms with Crippen molar-refractivity contribution in [3.8, 4) is 0 Å². The van der Waals surface area contributed by atoms with E-state index in [2.05, 4.69) is 0 Å². The summed E-state index contributed by atoms with van der Waals surface area (Å²) in [4.78, 5) is 10.6. The van der Waals surface area contributed by atoms with Crippen molar-refractivity contribution in [2.45, 2.75) is 44.9 Å². The zero-order chi connectivity index (χ0) is 10.0. The van der Waals surface area contributed by atoms with E-state index >= 15 is 0 Å². The smallest absolute Gasteiger partial charge is 0.303 e. The van der Waals surface area contributed by atoms with Gasteiger partial charge >= 0.3 is 5.97 Å². The minimum atomic E-state index is -0.975. The first-order valence-electron chi connectivity index (χ1n) is 4.19. The normalized spacial score (nSPS) is 40.0. The number of aliphatic hydroxyl groups is 2. The standard InChI is InChI=1S/C8H14O5/c1-4-8(13-5(2)9)6(10)3-7(11)12-4/h4,6-8,10-11H,3H2,1-2H3/t4-,6-,7-,8+/m1/s1. The van der Waals surface area contributed by atoms with Crippen LogP contribution >= 0.6 is 0 Å². The van der Waals surface area contributed by atoms with Crippen molar-refractivity contribution in [3.63, 3.8) is 0 Å². The highest BCUT2D eigenvalue weighted by atomic mass is 16.6. The highest BCUT2D eigenvalue weighted by Gasteiger charge is 2.36. The van der Waals surface area contributed by atoms with Gasteiger partial charge in [0.2, 0.25) is 0 Å². The first-order chi connectivity index (χ1) is 6.00. The van der Waals surface area contributed by atoms with Crippen molar-refractivity contribution in [1.29, 1.82) is 0 Å². The third-order valence-corrected chi connectivity index (χ3v) is 1.96. The Balaban J connectivity index is 2.56. The molecule has 0 saturated carbocycles. The average Bonchev–Trinajstić information content (AvgIpc) is 1.96. The van der Waals surface area contributed by atoms with Crippen molar-refractivity contribution in [2.75, 3.05) is 0 Å². The lowest BCUT2D eigenvalue weighted by atomic mass is 10.0. The van der Waals surface area contributed by atoms with Crippen LogP contribution in [0.2, 0.25) is 0 Å². The molecule has 0 bridgehead atoms. The van der Waals surface area contributed by atoms with Crippen LogP contribution in [0.4, 0.5) is 0 Å². The topological polar surface area (TPSA) is 76.0 Å². The van der Waals surface area contributed by atoms with Gasteiger partial charge in [0.05, 0.1) is 12.2 Å². The van der Waals surface area contributed by atoms with Gasteiger partial charge in [-0.05, 0) is 6.92 Å². The maximum Gasteiger partial charge on any atom is 0.303 e. The molecule has 4 atom stereocenters. The molecule has 1 rings (SSSR count). The summed E-state index contributed by atoms with van der Waals surface area (Å²) < 4.78 is 9.83. The number of carbonyl (C=O) groups is 1. The van der Waals surface area contributed by atoms with Crippen molar-refractivity contribution < 1.29 is 24.5 Å². The predicted octanol–water partition coefficient (Wildman–Crippen LogP) is -0.594. The predicted molar refractivity (Wildman–Crippen MR) is 42.7 cm³/mol. The highest BCUT2D eigenvalue weighted by Crippen LogP contribution is 2.21. The van der Waals surface area contributed by atoms with Crippen LogP contribution in [-0.4, -0.2) is 40.8 Å². The molecule has 0 spiro atoms. The monoisotopic (exact) mass is 190 g/mol. The van der Waals surface area contributed by atoms with Gasteiger partial charge in [0, 0.05) is 13.3 Å². The third-order valence-electron chi connectivity index (χ3n) is 1.96. The van der Waals surface area contributed by atoms with E-state index in [0.29, 0.717) is 0 Å². The number of ether oxygens (including phenoxy) is 2. The summed E-state index contributed by atoms with van der Waals surface area (Å²) in [6.45, 7) is 2.91. The molecule has 1 aliphatic heterocycles. The van der Waals surface area contributed by atoms with Crippen LogP contribution in [0.25, 0.3) is 0 Å². The molecule has 0 unspecified atom stereocenters. The fourth-order valence-corrected chi connectivity index (χ4v) is 1.40. The molecule has 0 radical (unpaired) electrons. The molecule has 0 aliphatic carbocycles. The van der Waals surface area contributed by atoms with Crippen LogP contribution in [0.3, 0.4) is 0 Å². The Hall–Kier alpha value is -0.650. The molecule has 1 saturated heterocycles. The zero-order valence-corrected chi connectivity index (χ0v) is 7.64. The van der Waals surface area contributed by atoms with E-state index in [1.807, 2.05) is 0 Å². The van der Waals surface area contributed by atoms with Crippen molar-refractivity contribution in [1.82, 2.24) is 0 Å². The molecular formula is C8H14O5. The third kappa shape index (κ3) is 2.65. The zero-order valence-electron chi connectivity index (χ0n) is 7.64.